The smallest absolute Gasteiger partial charge is 0.191 e. The van der Waals surface area contributed by atoms with Gasteiger partial charge in [0.05, 0.1) is 13.2 Å². The first-order valence-electron chi connectivity index (χ1n) is 9.17. The van der Waals surface area contributed by atoms with Crippen LogP contribution in [0.25, 0.3) is 0 Å². The molecule has 150 valence electrons. The van der Waals surface area contributed by atoms with Gasteiger partial charge in [-0.1, -0.05) is 6.07 Å². The number of aliphatic imine (C=N–C) groups is 1. The highest BCUT2D eigenvalue weighted by molar-refractivity contribution is 7.09. The molecular formula is C18H30N6O2S. The molecule has 0 spiro atoms. The summed E-state index contributed by atoms with van der Waals surface area (Å²) in [4.78, 5) is 6.01. The molecule has 2 heterocycles. The average molecular weight is 395 g/mol. The van der Waals surface area contributed by atoms with Crippen LogP contribution in [-0.2, 0) is 29.5 Å². The zero-order valence-corrected chi connectivity index (χ0v) is 17.2. The fourth-order valence-corrected chi connectivity index (χ4v) is 3.01. The van der Waals surface area contributed by atoms with Crippen molar-refractivity contribution in [2.75, 3.05) is 40.0 Å². The highest BCUT2D eigenvalue weighted by Gasteiger charge is 2.05. The molecule has 0 atom stereocenters. The van der Waals surface area contributed by atoms with Crippen molar-refractivity contribution < 1.29 is 9.47 Å². The van der Waals surface area contributed by atoms with Gasteiger partial charge in [-0.2, -0.15) is 0 Å². The average Bonchev–Trinajstić information content (AvgIpc) is 3.29. The number of rotatable bonds is 12. The molecule has 0 aliphatic heterocycles. The minimum atomic E-state index is 0.482. The number of guanidine groups is 1. The molecule has 0 aliphatic carbocycles. The maximum Gasteiger partial charge on any atom is 0.191 e. The molecule has 0 saturated heterocycles. The van der Waals surface area contributed by atoms with Gasteiger partial charge in [0.2, 0.25) is 0 Å². The van der Waals surface area contributed by atoms with Crippen LogP contribution in [0.15, 0.2) is 22.5 Å². The first-order valence-corrected chi connectivity index (χ1v) is 10.0. The molecule has 0 bridgehead atoms. The Labute approximate surface area is 165 Å². The molecular weight excluding hydrogens is 364 g/mol. The Bertz CT molecular complexity index is 671. The lowest BCUT2D eigenvalue weighted by molar-refractivity contribution is 0.0698. The zero-order chi connectivity index (χ0) is 19.3. The van der Waals surface area contributed by atoms with E-state index in [9.17, 15) is 0 Å². The number of ether oxygens (including phenoxy) is 2. The number of thiophene rings is 1. The lowest BCUT2D eigenvalue weighted by Gasteiger charge is -2.12. The highest BCUT2D eigenvalue weighted by atomic mass is 32.1. The Kier molecular flexibility index (Phi) is 9.81. The number of aromatic nitrogens is 3. The van der Waals surface area contributed by atoms with Crippen molar-refractivity contribution in [3.05, 3.63) is 34.0 Å². The Morgan fingerprint density at radius 2 is 2.07 bits per heavy atom. The van der Waals surface area contributed by atoms with Crippen LogP contribution in [0.2, 0.25) is 0 Å². The summed E-state index contributed by atoms with van der Waals surface area (Å²) in [5.41, 5.74) is 0. The summed E-state index contributed by atoms with van der Waals surface area (Å²) in [6, 6.07) is 4.23. The first kappa shape index (κ1) is 21.3. The number of nitrogens with one attached hydrogen (secondary N) is 2. The summed E-state index contributed by atoms with van der Waals surface area (Å²) in [6.45, 7) is 5.98. The number of methoxy groups -OCH3 is 1. The molecule has 0 aliphatic rings. The summed E-state index contributed by atoms with van der Waals surface area (Å²) in [5.74, 6) is 2.51. The Hall–Kier alpha value is -1.97. The van der Waals surface area contributed by atoms with Crippen molar-refractivity contribution in [3.8, 4) is 0 Å². The molecule has 0 fully saturated rings. The molecule has 2 aromatic heterocycles. The third-order valence-corrected chi connectivity index (χ3v) is 4.93. The molecule has 9 heteroatoms. The van der Waals surface area contributed by atoms with Crippen LogP contribution in [0.3, 0.4) is 0 Å². The van der Waals surface area contributed by atoms with Gasteiger partial charge in [-0.3, -0.25) is 0 Å². The van der Waals surface area contributed by atoms with E-state index in [0.717, 1.165) is 43.5 Å². The summed E-state index contributed by atoms with van der Waals surface area (Å²) < 4.78 is 12.4. The van der Waals surface area contributed by atoms with Gasteiger partial charge in [0.1, 0.15) is 12.4 Å². The van der Waals surface area contributed by atoms with Crippen LogP contribution in [0, 0.1) is 6.92 Å². The van der Waals surface area contributed by atoms with Gasteiger partial charge in [0.15, 0.2) is 11.8 Å². The molecule has 0 amide bonds. The normalized spacial score (nSPS) is 11.7. The number of nitrogens with zero attached hydrogens (tertiary/aromatic N) is 4. The van der Waals surface area contributed by atoms with Gasteiger partial charge < -0.3 is 24.7 Å². The van der Waals surface area contributed by atoms with Gasteiger partial charge in [0.25, 0.3) is 0 Å². The fraction of sp³-hybridized carbons (Fsp3) is 0.611. The van der Waals surface area contributed by atoms with Gasteiger partial charge in [-0.15, -0.1) is 21.5 Å². The summed E-state index contributed by atoms with van der Waals surface area (Å²) in [5, 5.41) is 17.1. The van der Waals surface area contributed by atoms with E-state index < -0.39 is 0 Å². The number of hydrogen-bond acceptors (Lipinski definition) is 6. The lowest BCUT2D eigenvalue weighted by atomic mass is 10.3. The van der Waals surface area contributed by atoms with E-state index in [4.69, 9.17) is 9.47 Å². The molecule has 0 radical (unpaired) electrons. The standard InChI is InChI=1S/C18H30N6O2S/c1-15-22-23-17(24(15)2)14-21-18(19-8-5-10-26-12-11-25-3)20-9-7-16-6-4-13-27-16/h4,6,13H,5,7-12,14H2,1-3H3,(H2,19,20,21). The van der Waals surface area contributed by atoms with Crippen molar-refractivity contribution >= 4 is 17.3 Å². The fourth-order valence-electron chi connectivity index (χ4n) is 2.30. The van der Waals surface area contributed by atoms with Crippen molar-refractivity contribution in [1.82, 2.24) is 25.4 Å². The Balaban J connectivity index is 1.79. The molecule has 0 aromatic carbocycles. The van der Waals surface area contributed by atoms with Gasteiger partial charge in [0, 0.05) is 38.7 Å². The van der Waals surface area contributed by atoms with Gasteiger partial charge in [-0.25, -0.2) is 4.99 Å². The second-order valence-corrected chi connectivity index (χ2v) is 7.06. The SMILES string of the molecule is COCCOCCCNC(=NCc1nnc(C)n1C)NCCc1cccs1. The van der Waals surface area contributed by atoms with Crippen LogP contribution >= 0.6 is 11.3 Å². The van der Waals surface area contributed by atoms with E-state index in [1.54, 1.807) is 18.4 Å². The minimum absolute atomic E-state index is 0.482. The highest BCUT2D eigenvalue weighted by Crippen LogP contribution is 2.08. The van der Waals surface area contributed by atoms with Crippen LogP contribution in [0.5, 0.6) is 0 Å². The van der Waals surface area contributed by atoms with Crippen LogP contribution in [0.4, 0.5) is 0 Å². The zero-order valence-electron chi connectivity index (χ0n) is 16.4. The van der Waals surface area contributed by atoms with Crippen LogP contribution < -0.4 is 10.6 Å². The molecule has 2 N–H and O–H groups in total. The predicted molar refractivity (Wildman–Crippen MR) is 108 cm³/mol. The largest absolute Gasteiger partial charge is 0.382 e. The predicted octanol–water partition coefficient (Wildman–Crippen LogP) is 1.52. The van der Waals surface area contributed by atoms with Crippen molar-refractivity contribution in [2.45, 2.75) is 26.3 Å². The molecule has 27 heavy (non-hydrogen) atoms. The number of aryl methyl sites for hydroxylation is 1. The minimum Gasteiger partial charge on any atom is -0.382 e. The molecule has 0 unspecified atom stereocenters. The molecule has 0 saturated carbocycles. The monoisotopic (exact) mass is 394 g/mol. The topological polar surface area (TPSA) is 85.6 Å². The molecule has 2 aromatic rings. The Morgan fingerprint density at radius 3 is 2.78 bits per heavy atom. The maximum atomic E-state index is 5.49. The van der Waals surface area contributed by atoms with Gasteiger partial charge >= 0.3 is 0 Å². The third-order valence-electron chi connectivity index (χ3n) is 3.99. The van der Waals surface area contributed by atoms with E-state index in [1.165, 1.54) is 4.88 Å². The van der Waals surface area contributed by atoms with E-state index in [0.29, 0.717) is 26.4 Å². The van der Waals surface area contributed by atoms with Crippen LogP contribution in [-0.4, -0.2) is 60.7 Å². The van der Waals surface area contributed by atoms with E-state index in [2.05, 4.69) is 43.3 Å². The van der Waals surface area contributed by atoms with E-state index in [1.807, 2.05) is 18.5 Å². The van der Waals surface area contributed by atoms with Gasteiger partial charge in [-0.05, 0) is 31.2 Å². The summed E-state index contributed by atoms with van der Waals surface area (Å²) >= 11 is 1.77. The molecule has 8 nitrogen and oxygen atoms in total. The first-order chi connectivity index (χ1) is 13.2. The lowest BCUT2D eigenvalue weighted by Crippen LogP contribution is -2.39. The van der Waals surface area contributed by atoms with E-state index >= 15 is 0 Å². The Morgan fingerprint density at radius 1 is 1.22 bits per heavy atom. The second kappa shape index (κ2) is 12.4. The third kappa shape index (κ3) is 8.06. The van der Waals surface area contributed by atoms with E-state index in [-0.39, 0.29) is 0 Å². The van der Waals surface area contributed by atoms with Crippen molar-refractivity contribution in [1.29, 1.82) is 0 Å². The second-order valence-electron chi connectivity index (χ2n) is 6.03. The quantitative estimate of drug-likeness (QED) is 0.322. The summed E-state index contributed by atoms with van der Waals surface area (Å²) in [7, 11) is 3.63. The van der Waals surface area contributed by atoms with Crippen molar-refractivity contribution in [3.63, 3.8) is 0 Å². The molecule has 2 rings (SSSR count). The maximum absolute atomic E-state index is 5.49. The number of hydrogen-bond donors (Lipinski definition) is 2. The summed E-state index contributed by atoms with van der Waals surface area (Å²) in [6.07, 6.45) is 1.87. The van der Waals surface area contributed by atoms with Crippen molar-refractivity contribution in [2.24, 2.45) is 12.0 Å². The van der Waals surface area contributed by atoms with Crippen LogP contribution in [0.1, 0.15) is 22.9 Å².